The van der Waals surface area contributed by atoms with Crippen molar-refractivity contribution in [2.24, 2.45) is 5.41 Å². The van der Waals surface area contributed by atoms with Crippen molar-refractivity contribution >= 4 is 5.91 Å². The van der Waals surface area contributed by atoms with Crippen LogP contribution in [0.2, 0.25) is 0 Å². The molecule has 2 saturated heterocycles. The average molecular weight is 244 g/mol. The summed E-state index contributed by atoms with van der Waals surface area (Å²) in [4.78, 5) is 14.1. The first-order valence-electron chi connectivity index (χ1n) is 6.71. The van der Waals surface area contributed by atoms with Crippen LogP contribution in [0.15, 0.2) is 24.3 Å². The second-order valence-electron chi connectivity index (χ2n) is 5.84. The van der Waals surface area contributed by atoms with Crippen LogP contribution in [0, 0.1) is 12.3 Å². The minimum absolute atomic E-state index is 0.274. The Morgan fingerprint density at radius 2 is 2.06 bits per heavy atom. The van der Waals surface area contributed by atoms with Crippen LogP contribution in [-0.4, -0.2) is 37.0 Å². The van der Waals surface area contributed by atoms with Crippen molar-refractivity contribution in [3.63, 3.8) is 0 Å². The Morgan fingerprint density at radius 3 is 2.67 bits per heavy atom. The molecule has 2 aliphatic heterocycles. The van der Waals surface area contributed by atoms with E-state index in [0.29, 0.717) is 11.8 Å². The monoisotopic (exact) mass is 244 g/mol. The van der Waals surface area contributed by atoms with Gasteiger partial charge in [-0.25, -0.2) is 0 Å². The van der Waals surface area contributed by atoms with Crippen LogP contribution in [0.3, 0.4) is 0 Å². The molecule has 1 aromatic rings. The molecule has 1 spiro atoms. The second-order valence-corrected chi connectivity index (χ2v) is 5.84. The van der Waals surface area contributed by atoms with Crippen molar-refractivity contribution in [1.29, 1.82) is 0 Å². The Bertz CT molecular complexity index is 438. The van der Waals surface area contributed by atoms with Crippen molar-refractivity contribution in [2.75, 3.05) is 26.2 Å². The lowest BCUT2D eigenvalue weighted by Gasteiger charge is -2.47. The second kappa shape index (κ2) is 4.39. The Labute approximate surface area is 108 Å². The van der Waals surface area contributed by atoms with Crippen LogP contribution in [0.25, 0.3) is 0 Å². The Kier molecular flexibility index (Phi) is 2.86. The predicted octanol–water partition coefficient (Wildman–Crippen LogP) is 1.36. The van der Waals surface area contributed by atoms with Gasteiger partial charge in [-0.2, -0.15) is 0 Å². The van der Waals surface area contributed by atoms with E-state index in [0.717, 1.165) is 31.7 Å². The lowest BCUT2D eigenvalue weighted by atomic mass is 9.79. The standard InChI is InChI=1S/C15H20N2O/c1-12-2-4-13(5-3-12)8-14(18)17-10-15(11-17)6-7-16-9-15/h2-5,16H,6-11H2,1H3. The van der Waals surface area contributed by atoms with Crippen LogP contribution in [0.1, 0.15) is 17.5 Å². The quantitative estimate of drug-likeness (QED) is 0.852. The van der Waals surface area contributed by atoms with E-state index in [2.05, 4.69) is 36.5 Å². The van der Waals surface area contributed by atoms with Gasteiger partial charge in [0.05, 0.1) is 6.42 Å². The number of hydrogen-bond acceptors (Lipinski definition) is 2. The average Bonchev–Trinajstić information content (AvgIpc) is 2.79. The lowest BCUT2D eigenvalue weighted by Crippen LogP contribution is -2.59. The van der Waals surface area contributed by atoms with E-state index in [1.54, 1.807) is 0 Å². The molecule has 0 saturated carbocycles. The van der Waals surface area contributed by atoms with Crippen LogP contribution < -0.4 is 5.32 Å². The maximum Gasteiger partial charge on any atom is 0.227 e. The number of benzene rings is 1. The Morgan fingerprint density at radius 1 is 1.33 bits per heavy atom. The van der Waals surface area contributed by atoms with Gasteiger partial charge in [0.2, 0.25) is 5.91 Å². The number of carbonyl (C=O) groups is 1. The van der Waals surface area contributed by atoms with Crippen molar-refractivity contribution in [3.05, 3.63) is 35.4 Å². The topological polar surface area (TPSA) is 32.3 Å². The van der Waals surface area contributed by atoms with Gasteiger partial charge in [-0.3, -0.25) is 4.79 Å². The zero-order chi connectivity index (χ0) is 12.6. The minimum Gasteiger partial charge on any atom is -0.341 e. The molecule has 3 rings (SSSR count). The summed E-state index contributed by atoms with van der Waals surface area (Å²) >= 11 is 0. The van der Waals surface area contributed by atoms with E-state index < -0.39 is 0 Å². The van der Waals surface area contributed by atoms with E-state index >= 15 is 0 Å². The molecule has 3 heteroatoms. The molecule has 0 radical (unpaired) electrons. The largest absolute Gasteiger partial charge is 0.341 e. The molecule has 0 aromatic heterocycles. The molecule has 1 aromatic carbocycles. The molecule has 1 amide bonds. The highest BCUT2D eigenvalue weighted by Crippen LogP contribution is 2.36. The van der Waals surface area contributed by atoms with Crippen LogP contribution in [0.4, 0.5) is 0 Å². The molecule has 96 valence electrons. The zero-order valence-electron chi connectivity index (χ0n) is 10.9. The molecular weight excluding hydrogens is 224 g/mol. The molecule has 0 atom stereocenters. The number of aryl methyl sites for hydroxylation is 1. The molecule has 2 heterocycles. The first-order valence-corrected chi connectivity index (χ1v) is 6.71. The van der Waals surface area contributed by atoms with Gasteiger partial charge >= 0.3 is 0 Å². The summed E-state index contributed by atoms with van der Waals surface area (Å²) in [6.45, 7) is 6.16. The van der Waals surface area contributed by atoms with Gasteiger partial charge in [0.1, 0.15) is 0 Å². The molecule has 18 heavy (non-hydrogen) atoms. The fourth-order valence-electron chi connectivity index (χ4n) is 3.00. The summed E-state index contributed by atoms with van der Waals surface area (Å²) in [6, 6.07) is 8.25. The summed E-state index contributed by atoms with van der Waals surface area (Å²) in [7, 11) is 0. The fraction of sp³-hybridized carbons (Fsp3) is 0.533. The summed E-state index contributed by atoms with van der Waals surface area (Å²) in [5.74, 6) is 0.274. The Hall–Kier alpha value is -1.35. The van der Waals surface area contributed by atoms with Gasteiger partial charge < -0.3 is 10.2 Å². The number of rotatable bonds is 2. The molecule has 2 fully saturated rings. The van der Waals surface area contributed by atoms with Gasteiger partial charge in [-0.1, -0.05) is 29.8 Å². The van der Waals surface area contributed by atoms with Crippen LogP contribution in [-0.2, 0) is 11.2 Å². The van der Waals surface area contributed by atoms with Crippen molar-refractivity contribution in [1.82, 2.24) is 10.2 Å². The van der Waals surface area contributed by atoms with Gasteiger partial charge in [0.15, 0.2) is 0 Å². The van der Waals surface area contributed by atoms with Crippen LogP contribution >= 0.6 is 0 Å². The van der Waals surface area contributed by atoms with Crippen molar-refractivity contribution in [3.8, 4) is 0 Å². The highest BCUT2D eigenvalue weighted by atomic mass is 16.2. The first kappa shape index (κ1) is 11.7. The van der Waals surface area contributed by atoms with Gasteiger partial charge in [0.25, 0.3) is 0 Å². The summed E-state index contributed by atoms with van der Waals surface area (Å²) in [5, 5.41) is 3.39. The predicted molar refractivity (Wildman–Crippen MR) is 71.4 cm³/mol. The normalized spacial score (nSPS) is 21.1. The molecule has 3 nitrogen and oxygen atoms in total. The number of carbonyl (C=O) groups excluding carboxylic acids is 1. The molecule has 2 aliphatic rings. The first-order chi connectivity index (χ1) is 8.67. The van der Waals surface area contributed by atoms with Crippen LogP contribution in [0.5, 0.6) is 0 Å². The molecule has 0 bridgehead atoms. The smallest absolute Gasteiger partial charge is 0.227 e. The van der Waals surface area contributed by atoms with E-state index in [9.17, 15) is 4.79 Å². The molecular formula is C15H20N2O. The summed E-state index contributed by atoms with van der Waals surface area (Å²) in [5.41, 5.74) is 2.77. The fourth-order valence-corrected chi connectivity index (χ4v) is 3.00. The van der Waals surface area contributed by atoms with Gasteiger partial charge in [0, 0.05) is 25.0 Å². The number of amides is 1. The van der Waals surface area contributed by atoms with Crippen molar-refractivity contribution < 1.29 is 4.79 Å². The zero-order valence-corrected chi connectivity index (χ0v) is 10.9. The number of nitrogens with one attached hydrogen (secondary N) is 1. The van der Waals surface area contributed by atoms with Crippen molar-refractivity contribution in [2.45, 2.75) is 19.8 Å². The molecule has 0 aliphatic carbocycles. The third kappa shape index (κ3) is 2.15. The summed E-state index contributed by atoms with van der Waals surface area (Å²) in [6.07, 6.45) is 1.77. The molecule has 1 N–H and O–H groups in total. The van der Waals surface area contributed by atoms with E-state index in [4.69, 9.17) is 0 Å². The maximum atomic E-state index is 12.1. The highest BCUT2D eigenvalue weighted by Gasteiger charge is 2.46. The van der Waals surface area contributed by atoms with Gasteiger partial charge in [-0.05, 0) is 25.5 Å². The Balaban J connectivity index is 1.55. The molecule has 0 unspecified atom stereocenters. The summed E-state index contributed by atoms with van der Waals surface area (Å²) < 4.78 is 0. The van der Waals surface area contributed by atoms with E-state index in [1.165, 1.54) is 12.0 Å². The van der Waals surface area contributed by atoms with E-state index in [-0.39, 0.29) is 5.91 Å². The minimum atomic E-state index is 0.274. The number of nitrogens with zero attached hydrogens (tertiary/aromatic N) is 1. The lowest BCUT2D eigenvalue weighted by molar-refractivity contribution is -0.141. The maximum absolute atomic E-state index is 12.1. The number of likely N-dealkylation sites (tertiary alicyclic amines) is 1. The highest BCUT2D eigenvalue weighted by molar-refractivity contribution is 5.79. The van der Waals surface area contributed by atoms with Gasteiger partial charge in [-0.15, -0.1) is 0 Å². The SMILES string of the molecule is Cc1ccc(CC(=O)N2CC3(CCNC3)C2)cc1. The third-order valence-electron chi connectivity index (χ3n) is 4.21. The third-order valence-corrected chi connectivity index (χ3v) is 4.21. The van der Waals surface area contributed by atoms with E-state index in [1.807, 2.05) is 4.90 Å². The number of hydrogen-bond donors (Lipinski definition) is 1.